The van der Waals surface area contributed by atoms with Crippen molar-refractivity contribution in [2.75, 3.05) is 4.72 Å². The molecule has 7 nitrogen and oxygen atoms in total. The molecule has 12 heteroatoms. The summed E-state index contributed by atoms with van der Waals surface area (Å²) in [4.78, 5) is 3.78. The fraction of sp³-hybridized carbons (Fsp3) is 0.125. The summed E-state index contributed by atoms with van der Waals surface area (Å²) in [6, 6.07) is 13.4. The number of aromatic amines is 1. The lowest BCUT2D eigenvalue weighted by atomic mass is 10.2. The number of benzene rings is 2. The highest BCUT2D eigenvalue weighted by Crippen LogP contribution is 2.25. The number of alkyl halides is 3. The van der Waals surface area contributed by atoms with Crippen LogP contribution in [0.5, 0.6) is 5.75 Å². The molecule has 0 radical (unpaired) electrons. The van der Waals surface area contributed by atoms with E-state index in [2.05, 4.69) is 24.6 Å². The van der Waals surface area contributed by atoms with Gasteiger partial charge in [0.1, 0.15) is 5.75 Å². The Bertz CT molecular complexity index is 1020. The third-order valence-electron chi connectivity index (χ3n) is 3.27. The summed E-state index contributed by atoms with van der Waals surface area (Å²) < 4.78 is 67.0. The van der Waals surface area contributed by atoms with Gasteiger partial charge in [-0.2, -0.15) is 4.98 Å². The van der Waals surface area contributed by atoms with Crippen LogP contribution in [0.25, 0.3) is 0 Å². The molecule has 3 rings (SSSR count). The summed E-state index contributed by atoms with van der Waals surface area (Å²) in [5, 5.41) is 6.73. The zero-order valence-electron chi connectivity index (χ0n) is 14.0. The quantitative estimate of drug-likeness (QED) is 0.554. The molecule has 28 heavy (non-hydrogen) atoms. The van der Waals surface area contributed by atoms with Gasteiger partial charge in [-0.3, -0.25) is 0 Å². The number of aromatic nitrogens is 3. The Morgan fingerprint density at radius 1 is 1.07 bits per heavy atom. The Labute approximate surface area is 162 Å². The van der Waals surface area contributed by atoms with Gasteiger partial charge in [0.25, 0.3) is 10.0 Å². The average Bonchev–Trinajstić information content (AvgIpc) is 3.06. The second kappa shape index (κ2) is 8.10. The number of sulfonamides is 1. The van der Waals surface area contributed by atoms with Crippen LogP contribution in [-0.4, -0.2) is 30.0 Å². The second-order valence-electron chi connectivity index (χ2n) is 5.37. The maximum absolute atomic E-state index is 12.3. The predicted octanol–water partition coefficient (Wildman–Crippen LogP) is 3.80. The minimum absolute atomic E-state index is 0.105. The first kappa shape index (κ1) is 20.0. The van der Waals surface area contributed by atoms with Crippen LogP contribution in [0.2, 0.25) is 0 Å². The van der Waals surface area contributed by atoms with E-state index in [1.807, 2.05) is 30.3 Å². The van der Waals surface area contributed by atoms with E-state index in [0.29, 0.717) is 10.9 Å². The van der Waals surface area contributed by atoms with E-state index in [1.165, 1.54) is 11.8 Å². The van der Waals surface area contributed by atoms with Crippen LogP contribution in [0.3, 0.4) is 0 Å². The first-order valence-corrected chi connectivity index (χ1v) is 10.2. The van der Waals surface area contributed by atoms with Gasteiger partial charge in [0.2, 0.25) is 11.1 Å². The molecule has 1 aromatic heterocycles. The molecular weight excluding hydrogens is 417 g/mol. The number of halogens is 3. The number of anilines is 1. The Kier molecular flexibility index (Phi) is 5.79. The van der Waals surface area contributed by atoms with Gasteiger partial charge in [-0.25, -0.2) is 18.2 Å². The predicted molar refractivity (Wildman–Crippen MR) is 96.3 cm³/mol. The van der Waals surface area contributed by atoms with Gasteiger partial charge >= 0.3 is 6.36 Å². The van der Waals surface area contributed by atoms with Crippen molar-refractivity contribution in [1.82, 2.24) is 15.2 Å². The topological polar surface area (TPSA) is 97.0 Å². The minimum atomic E-state index is -4.85. The molecule has 0 fully saturated rings. The van der Waals surface area contributed by atoms with Gasteiger partial charge in [0, 0.05) is 5.75 Å². The first-order chi connectivity index (χ1) is 13.2. The van der Waals surface area contributed by atoms with Gasteiger partial charge in [-0.15, -0.1) is 18.3 Å². The Balaban J connectivity index is 1.63. The van der Waals surface area contributed by atoms with Crippen molar-refractivity contribution in [3.63, 3.8) is 0 Å². The third kappa shape index (κ3) is 5.63. The molecular formula is C16H13F3N4O3S2. The SMILES string of the molecule is O=S(=O)(Nc1nc(SCc2ccccc2)n[nH]1)c1ccc(OC(F)(F)F)cc1. The highest BCUT2D eigenvalue weighted by Gasteiger charge is 2.31. The maximum atomic E-state index is 12.3. The largest absolute Gasteiger partial charge is 0.573 e. The highest BCUT2D eigenvalue weighted by atomic mass is 32.2. The minimum Gasteiger partial charge on any atom is -0.406 e. The van der Waals surface area contributed by atoms with E-state index >= 15 is 0 Å². The first-order valence-electron chi connectivity index (χ1n) is 7.69. The maximum Gasteiger partial charge on any atom is 0.573 e. The van der Waals surface area contributed by atoms with Crippen LogP contribution in [0.1, 0.15) is 5.56 Å². The molecule has 3 aromatic rings. The van der Waals surface area contributed by atoms with Crippen molar-refractivity contribution in [2.24, 2.45) is 0 Å². The van der Waals surface area contributed by atoms with Crippen molar-refractivity contribution in [3.05, 3.63) is 60.2 Å². The van der Waals surface area contributed by atoms with E-state index in [1.54, 1.807) is 0 Å². The van der Waals surface area contributed by atoms with Crippen molar-refractivity contribution < 1.29 is 26.3 Å². The molecule has 0 spiro atoms. The van der Waals surface area contributed by atoms with Gasteiger partial charge in [0.15, 0.2) is 0 Å². The second-order valence-corrected chi connectivity index (χ2v) is 7.99. The summed E-state index contributed by atoms with van der Waals surface area (Å²) in [5.74, 6) is -0.0251. The molecule has 0 aliphatic carbocycles. The molecule has 0 unspecified atom stereocenters. The number of hydrogen-bond donors (Lipinski definition) is 2. The van der Waals surface area contributed by atoms with Crippen molar-refractivity contribution in [2.45, 2.75) is 22.2 Å². The Hall–Kier alpha value is -2.73. The van der Waals surface area contributed by atoms with Gasteiger partial charge < -0.3 is 4.74 Å². The molecule has 2 N–H and O–H groups in total. The highest BCUT2D eigenvalue weighted by molar-refractivity contribution is 7.98. The fourth-order valence-corrected chi connectivity index (χ4v) is 3.80. The van der Waals surface area contributed by atoms with Crippen molar-refractivity contribution >= 4 is 27.7 Å². The van der Waals surface area contributed by atoms with Crippen LogP contribution >= 0.6 is 11.8 Å². The summed E-state index contributed by atoms with van der Waals surface area (Å²) in [6.45, 7) is 0. The van der Waals surface area contributed by atoms with E-state index in [0.717, 1.165) is 29.8 Å². The van der Waals surface area contributed by atoms with Gasteiger partial charge in [0.05, 0.1) is 4.90 Å². The van der Waals surface area contributed by atoms with Crippen LogP contribution in [0.15, 0.2) is 64.6 Å². The van der Waals surface area contributed by atoms with Crippen molar-refractivity contribution in [3.8, 4) is 5.75 Å². The number of nitrogens with zero attached hydrogens (tertiary/aromatic N) is 2. The molecule has 0 saturated carbocycles. The molecule has 0 bridgehead atoms. The molecule has 1 heterocycles. The number of ether oxygens (including phenoxy) is 1. The van der Waals surface area contributed by atoms with Crippen LogP contribution in [0, 0.1) is 0 Å². The normalized spacial score (nSPS) is 12.0. The molecule has 148 valence electrons. The van der Waals surface area contributed by atoms with E-state index < -0.39 is 22.1 Å². The third-order valence-corrected chi connectivity index (χ3v) is 5.55. The smallest absolute Gasteiger partial charge is 0.406 e. The van der Waals surface area contributed by atoms with Gasteiger partial charge in [-0.1, -0.05) is 42.1 Å². The van der Waals surface area contributed by atoms with E-state index in [9.17, 15) is 21.6 Å². The monoisotopic (exact) mass is 430 g/mol. The number of thioether (sulfide) groups is 1. The van der Waals surface area contributed by atoms with E-state index in [4.69, 9.17) is 0 Å². The molecule has 0 aliphatic heterocycles. The van der Waals surface area contributed by atoms with Crippen LogP contribution in [0.4, 0.5) is 19.1 Å². The zero-order chi connectivity index (χ0) is 20.2. The zero-order valence-corrected chi connectivity index (χ0v) is 15.6. The lowest BCUT2D eigenvalue weighted by molar-refractivity contribution is -0.274. The molecule has 0 saturated heterocycles. The van der Waals surface area contributed by atoms with Crippen molar-refractivity contribution in [1.29, 1.82) is 0 Å². The van der Waals surface area contributed by atoms with Crippen LogP contribution < -0.4 is 9.46 Å². The summed E-state index contributed by atoms with van der Waals surface area (Å²) in [6.07, 6.45) is -4.85. The summed E-state index contributed by atoms with van der Waals surface area (Å²) in [7, 11) is -4.06. The molecule has 0 aliphatic rings. The van der Waals surface area contributed by atoms with E-state index in [-0.39, 0.29) is 10.8 Å². The summed E-state index contributed by atoms with van der Waals surface area (Å²) >= 11 is 1.31. The average molecular weight is 430 g/mol. The molecule has 0 atom stereocenters. The van der Waals surface area contributed by atoms with Gasteiger partial charge in [-0.05, 0) is 29.8 Å². The standard InChI is InChI=1S/C16H13F3N4O3S2/c17-16(18,19)26-12-6-8-13(9-7-12)28(24,25)23-14-20-15(22-21-14)27-10-11-4-2-1-3-5-11/h1-9H,10H2,(H2,20,21,22,23). The number of nitrogens with one attached hydrogen (secondary N) is 2. The Morgan fingerprint density at radius 3 is 2.39 bits per heavy atom. The molecule has 2 aromatic carbocycles. The van der Waals surface area contributed by atoms with Crippen LogP contribution in [-0.2, 0) is 15.8 Å². The number of H-pyrrole nitrogens is 1. The fourth-order valence-electron chi connectivity index (χ4n) is 2.09. The lowest BCUT2D eigenvalue weighted by Crippen LogP contribution is -2.17. The summed E-state index contributed by atoms with van der Waals surface area (Å²) in [5.41, 5.74) is 1.06. The Morgan fingerprint density at radius 2 is 1.75 bits per heavy atom. The lowest BCUT2D eigenvalue weighted by Gasteiger charge is -2.09. The number of hydrogen-bond acceptors (Lipinski definition) is 6. The molecule has 0 amide bonds. The number of rotatable bonds is 7.